The molecule has 6 nitrogen and oxygen atoms in total. The highest BCUT2D eigenvalue weighted by atomic mass is 16.5. The first kappa shape index (κ1) is 18.7. The maximum Gasteiger partial charge on any atom is 0.272 e. The lowest BCUT2D eigenvalue weighted by atomic mass is 10.1. The standard InChI is InChI=1S/C22H26N4O2/c1-17-6-8-18(9-7-17)21-20(24-19-5-2-3-12-26(19)21)22(27)23-10-4-11-25-13-15-28-16-14-25/h2-3,5-9,12H,4,10-11,13-16H2,1H3,(H,23,27). The molecule has 0 unspecified atom stereocenters. The van der Waals surface area contributed by atoms with Gasteiger partial charge in [-0.15, -0.1) is 0 Å². The summed E-state index contributed by atoms with van der Waals surface area (Å²) in [5.41, 5.74) is 4.26. The van der Waals surface area contributed by atoms with Gasteiger partial charge in [0.05, 0.1) is 18.9 Å². The molecule has 3 aromatic rings. The van der Waals surface area contributed by atoms with Gasteiger partial charge in [-0.3, -0.25) is 14.1 Å². The molecule has 1 N–H and O–H groups in total. The molecule has 1 aromatic carbocycles. The molecule has 1 aliphatic rings. The number of hydrogen-bond donors (Lipinski definition) is 1. The number of imidazole rings is 1. The molecule has 1 aliphatic heterocycles. The van der Waals surface area contributed by atoms with Crippen molar-refractivity contribution in [3.8, 4) is 11.3 Å². The molecule has 1 saturated heterocycles. The first-order valence-electron chi connectivity index (χ1n) is 9.85. The van der Waals surface area contributed by atoms with Crippen molar-refractivity contribution in [2.24, 2.45) is 0 Å². The highest BCUT2D eigenvalue weighted by Gasteiger charge is 2.20. The summed E-state index contributed by atoms with van der Waals surface area (Å²) in [6.07, 6.45) is 2.87. The van der Waals surface area contributed by atoms with Gasteiger partial charge in [0, 0.05) is 31.4 Å². The number of aromatic nitrogens is 2. The fourth-order valence-electron chi connectivity index (χ4n) is 3.55. The molecule has 0 spiro atoms. The Bertz CT molecular complexity index is 943. The molecule has 6 heteroatoms. The lowest BCUT2D eigenvalue weighted by Crippen LogP contribution is -2.38. The van der Waals surface area contributed by atoms with Gasteiger partial charge in [0.25, 0.3) is 5.91 Å². The number of rotatable bonds is 6. The van der Waals surface area contributed by atoms with E-state index in [1.807, 2.05) is 40.9 Å². The second kappa shape index (κ2) is 8.54. The summed E-state index contributed by atoms with van der Waals surface area (Å²) in [6, 6.07) is 14.0. The SMILES string of the molecule is Cc1ccc(-c2c(C(=O)NCCCN3CCOCC3)nc3ccccn23)cc1. The number of pyridine rings is 1. The maximum atomic E-state index is 12.9. The number of hydrogen-bond acceptors (Lipinski definition) is 4. The zero-order valence-electron chi connectivity index (χ0n) is 16.2. The molecule has 0 bridgehead atoms. The fraction of sp³-hybridized carbons (Fsp3) is 0.364. The molecule has 3 heterocycles. The van der Waals surface area contributed by atoms with Crippen LogP contribution in [0.25, 0.3) is 16.9 Å². The second-order valence-electron chi connectivity index (χ2n) is 7.17. The second-order valence-corrected chi connectivity index (χ2v) is 7.17. The van der Waals surface area contributed by atoms with Gasteiger partial charge in [-0.2, -0.15) is 0 Å². The quantitative estimate of drug-likeness (QED) is 0.670. The minimum Gasteiger partial charge on any atom is -0.379 e. The number of aryl methyl sites for hydroxylation is 1. The van der Waals surface area contributed by atoms with Crippen LogP contribution in [0.2, 0.25) is 0 Å². The van der Waals surface area contributed by atoms with Crippen LogP contribution < -0.4 is 5.32 Å². The summed E-state index contributed by atoms with van der Waals surface area (Å²) in [7, 11) is 0. The third-order valence-corrected chi connectivity index (χ3v) is 5.11. The average Bonchev–Trinajstić information content (AvgIpc) is 3.12. The topological polar surface area (TPSA) is 58.9 Å². The Hall–Kier alpha value is -2.70. The average molecular weight is 378 g/mol. The highest BCUT2D eigenvalue weighted by molar-refractivity contribution is 5.99. The minimum absolute atomic E-state index is 0.124. The van der Waals surface area contributed by atoms with Gasteiger partial charge in [0.1, 0.15) is 5.65 Å². The zero-order chi connectivity index (χ0) is 19.3. The van der Waals surface area contributed by atoms with E-state index in [4.69, 9.17) is 4.74 Å². The van der Waals surface area contributed by atoms with Crippen LogP contribution in [0, 0.1) is 6.92 Å². The summed E-state index contributed by atoms with van der Waals surface area (Å²) < 4.78 is 7.35. The van der Waals surface area contributed by atoms with E-state index in [1.165, 1.54) is 5.56 Å². The van der Waals surface area contributed by atoms with Crippen LogP contribution in [0.15, 0.2) is 48.7 Å². The van der Waals surface area contributed by atoms with Crippen molar-refractivity contribution < 1.29 is 9.53 Å². The van der Waals surface area contributed by atoms with Gasteiger partial charge in [0.2, 0.25) is 0 Å². The van der Waals surface area contributed by atoms with Crippen molar-refractivity contribution in [3.05, 3.63) is 59.9 Å². The highest BCUT2D eigenvalue weighted by Crippen LogP contribution is 2.25. The Morgan fingerprint density at radius 1 is 1.14 bits per heavy atom. The van der Waals surface area contributed by atoms with Crippen molar-refractivity contribution in [1.29, 1.82) is 0 Å². The number of amides is 1. The van der Waals surface area contributed by atoms with E-state index in [2.05, 4.69) is 34.3 Å². The third kappa shape index (κ3) is 4.08. The molecule has 28 heavy (non-hydrogen) atoms. The Morgan fingerprint density at radius 2 is 1.93 bits per heavy atom. The van der Waals surface area contributed by atoms with E-state index in [0.29, 0.717) is 12.2 Å². The number of benzene rings is 1. The van der Waals surface area contributed by atoms with E-state index in [0.717, 1.165) is 56.2 Å². The van der Waals surface area contributed by atoms with Crippen LogP contribution in [-0.2, 0) is 4.74 Å². The molecule has 2 aromatic heterocycles. The predicted molar refractivity (Wildman–Crippen MR) is 110 cm³/mol. The number of fused-ring (bicyclic) bond motifs is 1. The van der Waals surface area contributed by atoms with E-state index in [-0.39, 0.29) is 5.91 Å². The van der Waals surface area contributed by atoms with Gasteiger partial charge >= 0.3 is 0 Å². The molecule has 4 rings (SSSR count). The van der Waals surface area contributed by atoms with E-state index < -0.39 is 0 Å². The predicted octanol–water partition coefficient (Wildman–Crippen LogP) is 2.76. The Morgan fingerprint density at radius 3 is 2.71 bits per heavy atom. The van der Waals surface area contributed by atoms with Gasteiger partial charge < -0.3 is 10.1 Å². The van der Waals surface area contributed by atoms with Gasteiger partial charge in [-0.1, -0.05) is 35.9 Å². The number of carbonyl (C=O) groups excluding carboxylic acids is 1. The van der Waals surface area contributed by atoms with Gasteiger partial charge in [0.15, 0.2) is 5.69 Å². The molecule has 0 saturated carbocycles. The number of morpholine rings is 1. The van der Waals surface area contributed by atoms with Crippen LogP contribution in [0.1, 0.15) is 22.5 Å². The lowest BCUT2D eigenvalue weighted by Gasteiger charge is -2.26. The van der Waals surface area contributed by atoms with Crippen LogP contribution >= 0.6 is 0 Å². The molecule has 0 radical (unpaired) electrons. The van der Waals surface area contributed by atoms with Crippen LogP contribution in [0.4, 0.5) is 0 Å². The summed E-state index contributed by atoms with van der Waals surface area (Å²) in [6.45, 7) is 7.20. The van der Waals surface area contributed by atoms with Crippen molar-refractivity contribution in [2.75, 3.05) is 39.4 Å². The maximum absolute atomic E-state index is 12.9. The summed E-state index contributed by atoms with van der Waals surface area (Å²) in [4.78, 5) is 19.9. The van der Waals surface area contributed by atoms with Crippen molar-refractivity contribution in [1.82, 2.24) is 19.6 Å². The summed E-state index contributed by atoms with van der Waals surface area (Å²) in [5, 5.41) is 3.05. The van der Waals surface area contributed by atoms with Crippen molar-refractivity contribution >= 4 is 11.6 Å². The molecule has 0 atom stereocenters. The van der Waals surface area contributed by atoms with Crippen LogP contribution in [0.3, 0.4) is 0 Å². The van der Waals surface area contributed by atoms with Crippen molar-refractivity contribution in [3.63, 3.8) is 0 Å². The monoisotopic (exact) mass is 378 g/mol. The molecule has 1 amide bonds. The number of nitrogens with zero attached hydrogens (tertiary/aromatic N) is 3. The zero-order valence-corrected chi connectivity index (χ0v) is 16.2. The van der Waals surface area contributed by atoms with E-state index >= 15 is 0 Å². The fourth-order valence-corrected chi connectivity index (χ4v) is 3.55. The largest absolute Gasteiger partial charge is 0.379 e. The van der Waals surface area contributed by atoms with Crippen LogP contribution in [0.5, 0.6) is 0 Å². The van der Waals surface area contributed by atoms with Gasteiger partial charge in [-0.25, -0.2) is 4.98 Å². The first-order chi connectivity index (χ1) is 13.7. The third-order valence-electron chi connectivity index (χ3n) is 5.11. The summed E-state index contributed by atoms with van der Waals surface area (Å²) in [5.74, 6) is -0.124. The van der Waals surface area contributed by atoms with E-state index in [1.54, 1.807) is 0 Å². The van der Waals surface area contributed by atoms with Crippen LogP contribution in [-0.4, -0.2) is 59.6 Å². The Balaban J connectivity index is 1.50. The van der Waals surface area contributed by atoms with E-state index in [9.17, 15) is 4.79 Å². The Labute approximate surface area is 165 Å². The molecule has 146 valence electrons. The molecular weight excluding hydrogens is 352 g/mol. The number of nitrogens with one attached hydrogen (secondary N) is 1. The minimum atomic E-state index is -0.124. The normalized spacial score (nSPS) is 15.0. The smallest absolute Gasteiger partial charge is 0.272 e. The van der Waals surface area contributed by atoms with Gasteiger partial charge in [-0.05, 0) is 32.0 Å². The number of carbonyl (C=O) groups is 1. The number of ether oxygens (including phenoxy) is 1. The molecular formula is C22H26N4O2. The first-order valence-corrected chi connectivity index (χ1v) is 9.85. The molecule has 1 fully saturated rings. The molecule has 0 aliphatic carbocycles. The summed E-state index contributed by atoms with van der Waals surface area (Å²) >= 11 is 0. The Kier molecular flexibility index (Phi) is 5.69. The lowest BCUT2D eigenvalue weighted by molar-refractivity contribution is 0.0374. The van der Waals surface area contributed by atoms with Crippen molar-refractivity contribution in [2.45, 2.75) is 13.3 Å².